The Morgan fingerprint density at radius 1 is 1.25 bits per heavy atom. The van der Waals surface area contributed by atoms with Gasteiger partial charge in [0.25, 0.3) is 0 Å². The van der Waals surface area contributed by atoms with Gasteiger partial charge in [-0.3, -0.25) is 0 Å². The Morgan fingerprint density at radius 3 is 2.35 bits per heavy atom. The zero-order valence-electron chi connectivity index (χ0n) is 11.3. The molecular formula is C13H15ClN2O3S. The minimum Gasteiger partial charge on any atom is -0.360 e. The Labute approximate surface area is 123 Å². The van der Waals surface area contributed by atoms with Gasteiger partial charge in [0.1, 0.15) is 10.6 Å². The van der Waals surface area contributed by atoms with Crippen LogP contribution in [0.4, 0.5) is 0 Å². The zero-order chi connectivity index (χ0) is 14.9. The second-order valence-electron chi connectivity index (χ2n) is 4.55. The van der Waals surface area contributed by atoms with Crippen molar-refractivity contribution in [3.8, 4) is 0 Å². The molecule has 0 aliphatic carbocycles. The molecule has 0 aliphatic heterocycles. The molecule has 1 heterocycles. The molecule has 20 heavy (non-hydrogen) atoms. The molecule has 0 bridgehead atoms. The first-order chi connectivity index (χ1) is 9.31. The maximum Gasteiger partial charge on any atom is 0.246 e. The van der Waals surface area contributed by atoms with Crippen molar-refractivity contribution < 1.29 is 12.9 Å². The minimum atomic E-state index is -3.68. The van der Waals surface area contributed by atoms with Crippen molar-refractivity contribution in [3.63, 3.8) is 0 Å². The van der Waals surface area contributed by atoms with Gasteiger partial charge >= 0.3 is 0 Å². The van der Waals surface area contributed by atoms with E-state index in [4.69, 9.17) is 16.1 Å². The number of aryl methyl sites for hydroxylation is 2. The molecule has 0 radical (unpaired) electrons. The van der Waals surface area contributed by atoms with Crippen LogP contribution < -0.4 is 4.72 Å². The van der Waals surface area contributed by atoms with Crippen molar-refractivity contribution in [3.05, 3.63) is 46.3 Å². The van der Waals surface area contributed by atoms with Gasteiger partial charge in [-0.1, -0.05) is 28.9 Å². The van der Waals surface area contributed by atoms with Crippen LogP contribution in [0.2, 0.25) is 5.02 Å². The summed E-state index contributed by atoms with van der Waals surface area (Å²) in [5.74, 6) is 0.276. The standard InChI is InChI=1S/C13H15ClN2O3S/c1-8(11-4-6-12(14)7-5-11)16-20(17,18)13-9(2)15-19-10(13)3/h4-8,16H,1-3H3. The predicted molar refractivity (Wildman–Crippen MR) is 76.2 cm³/mol. The Kier molecular flexibility index (Phi) is 4.17. The Balaban J connectivity index is 2.27. The highest BCUT2D eigenvalue weighted by atomic mass is 35.5. The summed E-state index contributed by atoms with van der Waals surface area (Å²) in [6.07, 6.45) is 0. The smallest absolute Gasteiger partial charge is 0.246 e. The second-order valence-corrected chi connectivity index (χ2v) is 6.64. The van der Waals surface area contributed by atoms with Crippen LogP contribution in [0.5, 0.6) is 0 Å². The molecule has 0 saturated heterocycles. The van der Waals surface area contributed by atoms with Gasteiger partial charge in [0.05, 0.1) is 0 Å². The third-order valence-corrected chi connectivity index (χ3v) is 4.97. The number of hydrogen-bond donors (Lipinski definition) is 1. The molecule has 1 aromatic heterocycles. The highest BCUT2D eigenvalue weighted by Crippen LogP contribution is 2.22. The fourth-order valence-electron chi connectivity index (χ4n) is 1.97. The molecule has 0 amide bonds. The lowest BCUT2D eigenvalue weighted by atomic mass is 10.1. The average molecular weight is 315 g/mol. The van der Waals surface area contributed by atoms with Crippen LogP contribution in [0.15, 0.2) is 33.7 Å². The number of benzene rings is 1. The summed E-state index contributed by atoms with van der Waals surface area (Å²) < 4.78 is 32.2. The molecular weight excluding hydrogens is 300 g/mol. The lowest BCUT2D eigenvalue weighted by Crippen LogP contribution is -2.27. The number of nitrogens with one attached hydrogen (secondary N) is 1. The van der Waals surface area contributed by atoms with Crippen molar-refractivity contribution >= 4 is 21.6 Å². The summed E-state index contributed by atoms with van der Waals surface area (Å²) in [5, 5.41) is 4.27. The van der Waals surface area contributed by atoms with E-state index in [2.05, 4.69) is 9.88 Å². The summed E-state index contributed by atoms with van der Waals surface area (Å²) >= 11 is 5.81. The third kappa shape index (κ3) is 3.03. The van der Waals surface area contributed by atoms with E-state index in [0.717, 1.165) is 5.56 Å². The molecule has 2 rings (SSSR count). The number of nitrogens with zero attached hydrogens (tertiary/aromatic N) is 1. The van der Waals surface area contributed by atoms with E-state index in [0.29, 0.717) is 10.7 Å². The number of sulfonamides is 1. The van der Waals surface area contributed by atoms with E-state index in [-0.39, 0.29) is 16.7 Å². The van der Waals surface area contributed by atoms with Gasteiger partial charge in [0, 0.05) is 11.1 Å². The van der Waals surface area contributed by atoms with Crippen molar-refractivity contribution in [1.29, 1.82) is 0 Å². The highest BCUT2D eigenvalue weighted by molar-refractivity contribution is 7.89. The first-order valence-electron chi connectivity index (χ1n) is 6.02. The Hall–Kier alpha value is -1.37. The molecule has 1 N–H and O–H groups in total. The Bertz CT molecular complexity index is 688. The molecule has 1 atom stereocenters. The van der Waals surface area contributed by atoms with Crippen LogP contribution in [0.1, 0.15) is 30.0 Å². The first kappa shape index (κ1) is 15.0. The van der Waals surface area contributed by atoms with Gasteiger partial charge in [0.2, 0.25) is 10.0 Å². The van der Waals surface area contributed by atoms with E-state index in [9.17, 15) is 8.42 Å². The topological polar surface area (TPSA) is 72.2 Å². The van der Waals surface area contributed by atoms with E-state index >= 15 is 0 Å². The van der Waals surface area contributed by atoms with Crippen molar-refractivity contribution in [2.24, 2.45) is 0 Å². The van der Waals surface area contributed by atoms with Crippen LogP contribution in [-0.2, 0) is 10.0 Å². The van der Waals surface area contributed by atoms with Crippen LogP contribution in [0.3, 0.4) is 0 Å². The SMILES string of the molecule is Cc1noc(C)c1S(=O)(=O)NC(C)c1ccc(Cl)cc1. The number of halogens is 1. The summed E-state index contributed by atoms with van der Waals surface area (Å²) in [6.45, 7) is 4.93. The summed E-state index contributed by atoms with van der Waals surface area (Å²) in [6, 6.07) is 6.62. The van der Waals surface area contributed by atoms with Crippen molar-refractivity contribution in [1.82, 2.24) is 9.88 Å². The van der Waals surface area contributed by atoms with Gasteiger partial charge in [-0.05, 0) is 38.5 Å². The zero-order valence-corrected chi connectivity index (χ0v) is 12.9. The van der Waals surface area contributed by atoms with E-state index in [1.807, 2.05) is 0 Å². The van der Waals surface area contributed by atoms with Crippen LogP contribution >= 0.6 is 11.6 Å². The molecule has 0 saturated carbocycles. The van der Waals surface area contributed by atoms with E-state index in [1.165, 1.54) is 0 Å². The second kappa shape index (κ2) is 5.55. The maximum atomic E-state index is 12.3. The molecule has 0 aliphatic rings. The van der Waals surface area contributed by atoms with E-state index in [1.54, 1.807) is 45.0 Å². The van der Waals surface area contributed by atoms with Gasteiger partial charge in [-0.2, -0.15) is 0 Å². The lowest BCUT2D eigenvalue weighted by molar-refractivity contribution is 0.390. The van der Waals surface area contributed by atoms with Crippen molar-refractivity contribution in [2.75, 3.05) is 0 Å². The normalized spacial score (nSPS) is 13.4. The van der Waals surface area contributed by atoms with Gasteiger partial charge < -0.3 is 4.52 Å². The fraction of sp³-hybridized carbons (Fsp3) is 0.308. The van der Waals surface area contributed by atoms with Crippen LogP contribution in [0, 0.1) is 13.8 Å². The average Bonchev–Trinajstić information content (AvgIpc) is 2.69. The monoisotopic (exact) mass is 314 g/mol. The molecule has 1 unspecified atom stereocenters. The van der Waals surface area contributed by atoms with Gasteiger partial charge in [-0.15, -0.1) is 0 Å². The lowest BCUT2D eigenvalue weighted by Gasteiger charge is -2.14. The molecule has 0 spiro atoms. The summed E-state index contributed by atoms with van der Waals surface area (Å²) in [7, 11) is -3.68. The molecule has 5 nitrogen and oxygen atoms in total. The number of hydrogen-bond acceptors (Lipinski definition) is 4. The van der Waals surface area contributed by atoms with E-state index < -0.39 is 10.0 Å². The predicted octanol–water partition coefficient (Wildman–Crippen LogP) is 2.98. The molecule has 108 valence electrons. The minimum absolute atomic E-state index is 0.0957. The molecule has 2 aromatic rings. The largest absolute Gasteiger partial charge is 0.360 e. The maximum absolute atomic E-state index is 12.3. The third-order valence-electron chi connectivity index (χ3n) is 2.94. The molecule has 1 aromatic carbocycles. The highest BCUT2D eigenvalue weighted by Gasteiger charge is 2.26. The first-order valence-corrected chi connectivity index (χ1v) is 7.88. The van der Waals surface area contributed by atoms with Crippen LogP contribution in [0.25, 0.3) is 0 Å². The summed E-state index contributed by atoms with van der Waals surface area (Å²) in [4.78, 5) is 0.0957. The summed E-state index contributed by atoms with van der Waals surface area (Å²) in [5.41, 5.74) is 1.17. The fourth-order valence-corrected chi connectivity index (χ4v) is 3.66. The number of rotatable bonds is 4. The quantitative estimate of drug-likeness (QED) is 0.941. The van der Waals surface area contributed by atoms with Crippen molar-refractivity contribution in [2.45, 2.75) is 31.7 Å². The van der Waals surface area contributed by atoms with Gasteiger partial charge in [0.15, 0.2) is 5.76 Å². The molecule has 0 fully saturated rings. The number of aromatic nitrogens is 1. The van der Waals surface area contributed by atoms with Crippen LogP contribution in [-0.4, -0.2) is 13.6 Å². The molecule has 7 heteroatoms. The van der Waals surface area contributed by atoms with Gasteiger partial charge in [-0.25, -0.2) is 13.1 Å². The Morgan fingerprint density at radius 2 is 1.85 bits per heavy atom.